The summed E-state index contributed by atoms with van der Waals surface area (Å²) in [7, 11) is 0. The molecule has 1 atom stereocenters. The highest BCUT2D eigenvalue weighted by Gasteiger charge is 2.37. The molecule has 110 valence electrons. The Kier molecular flexibility index (Phi) is 3.10. The van der Waals surface area contributed by atoms with Gasteiger partial charge in [-0.3, -0.25) is 4.79 Å². The largest absolute Gasteiger partial charge is 0.444 e. The van der Waals surface area contributed by atoms with Crippen LogP contribution in [0.3, 0.4) is 0 Å². The molecule has 2 fully saturated rings. The number of hydrogen-bond acceptors (Lipinski definition) is 5. The van der Waals surface area contributed by atoms with Crippen LogP contribution in [0.15, 0.2) is 25.7 Å². The molecule has 1 aliphatic carbocycles. The van der Waals surface area contributed by atoms with E-state index in [0.717, 1.165) is 31.5 Å². The van der Waals surface area contributed by atoms with E-state index in [-0.39, 0.29) is 11.9 Å². The van der Waals surface area contributed by atoms with E-state index in [2.05, 4.69) is 26.1 Å². The number of nitrogens with zero attached hydrogens (tertiary/aromatic N) is 3. The first-order valence-corrected chi connectivity index (χ1v) is 7.91. The van der Waals surface area contributed by atoms with Gasteiger partial charge in [0, 0.05) is 12.5 Å². The Hall–Kier alpha value is -1.63. The summed E-state index contributed by atoms with van der Waals surface area (Å²) < 4.78 is 11.3. The Morgan fingerprint density at radius 3 is 2.90 bits per heavy atom. The molecule has 4 rings (SSSR count). The summed E-state index contributed by atoms with van der Waals surface area (Å²) in [5, 5.41) is 4.04. The number of aromatic nitrogens is 2. The number of halogens is 1. The van der Waals surface area contributed by atoms with E-state index >= 15 is 0 Å². The lowest BCUT2D eigenvalue weighted by Gasteiger charge is -2.20. The van der Waals surface area contributed by atoms with Crippen molar-refractivity contribution in [1.29, 1.82) is 0 Å². The van der Waals surface area contributed by atoms with Crippen molar-refractivity contribution in [3.05, 3.63) is 34.3 Å². The third-order valence-electron chi connectivity index (χ3n) is 3.98. The number of carbonyl (C=O) groups excluding carboxylic acids is 1. The minimum Gasteiger partial charge on any atom is -0.444 e. The van der Waals surface area contributed by atoms with E-state index in [1.54, 1.807) is 17.0 Å². The fraction of sp³-hybridized carbons (Fsp3) is 0.500. The van der Waals surface area contributed by atoms with Crippen LogP contribution in [0.2, 0.25) is 0 Å². The monoisotopic (exact) mass is 351 g/mol. The second kappa shape index (κ2) is 4.98. The molecule has 3 heterocycles. The Labute approximate surface area is 129 Å². The zero-order chi connectivity index (χ0) is 14.4. The van der Waals surface area contributed by atoms with Crippen molar-refractivity contribution in [3.63, 3.8) is 0 Å². The molecular weight excluding hydrogens is 338 g/mol. The first-order chi connectivity index (χ1) is 10.2. The Morgan fingerprint density at radius 2 is 2.19 bits per heavy atom. The van der Waals surface area contributed by atoms with Gasteiger partial charge in [-0.15, -0.1) is 0 Å². The summed E-state index contributed by atoms with van der Waals surface area (Å²) >= 11 is 3.22. The maximum atomic E-state index is 12.5. The van der Waals surface area contributed by atoms with Crippen LogP contribution in [0.5, 0.6) is 0 Å². The molecule has 7 heteroatoms. The van der Waals surface area contributed by atoms with E-state index in [9.17, 15) is 4.79 Å². The lowest BCUT2D eigenvalue weighted by atomic mass is 10.2. The molecule has 1 saturated carbocycles. The standard InChI is InChI=1S/C14H14BrN3O3/c15-11-6-5-10(20-11)14(19)18-7-1-2-9(18)13-16-12(17-21-13)8-3-4-8/h5-6,8-9H,1-4,7H2. The number of hydrogen-bond donors (Lipinski definition) is 0. The van der Waals surface area contributed by atoms with Gasteiger partial charge in [0.05, 0.1) is 0 Å². The molecule has 1 amide bonds. The van der Waals surface area contributed by atoms with Crippen LogP contribution < -0.4 is 0 Å². The van der Waals surface area contributed by atoms with Crippen LogP contribution in [-0.2, 0) is 0 Å². The molecule has 6 nitrogen and oxygen atoms in total. The van der Waals surface area contributed by atoms with Gasteiger partial charge in [0.25, 0.3) is 5.91 Å². The summed E-state index contributed by atoms with van der Waals surface area (Å²) in [6.07, 6.45) is 4.04. The molecule has 0 aromatic carbocycles. The van der Waals surface area contributed by atoms with Crippen molar-refractivity contribution in [3.8, 4) is 0 Å². The van der Waals surface area contributed by atoms with E-state index in [1.165, 1.54) is 0 Å². The van der Waals surface area contributed by atoms with Gasteiger partial charge < -0.3 is 13.8 Å². The molecule has 2 aliphatic rings. The number of amides is 1. The highest BCUT2D eigenvalue weighted by Crippen LogP contribution is 2.40. The molecule has 0 spiro atoms. The lowest BCUT2D eigenvalue weighted by Crippen LogP contribution is -2.30. The van der Waals surface area contributed by atoms with E-state index < -0.39 is 0 Å². The van der Waals surface area contributed by atoms with Crippen LogP contribution in [0.4, 0.5) is 0 Å². The number of rotatable bonds is 3. The zero-order valence-corrected chi connectivity index (χ0v) is 12.9. The number of carbonyl (C=O) groups is 1. The summed E-state index contributed by atoms with van der Waals surface area (Å²) in [4.78, 5) is 18.8. The first-order valence-electron chi connectivity index (χ1n) is 7.12. The minimum atomic E-state index is -0.138. The third kappa shape index (κ3) is 2.39. The van der Waals surface area contributed by atoms with Crippen molar-refractivity contribution in [2.45, 2.75) is 37.6 Å². The third-order valence-corrected chi connectivity index (χ3v) is 4.41. The van der Waals surface area contributed by atoms with E-state index in [1.807, 2.05) is 0 Å². The quantitative estimate of drug-likeness (QED) is 0.848. The topological polar surface area (TPSA) is 72.4 Å². The highest BCUT2D eigenvalue weighted by atomic mass is 79.9. The molecular formula is C14H14BrN3O3. The first kappa shape index (κ1) is 13.1. The van der Waals surface area contributed by atoms with Gasteiger partial charge in [-0.2, -0.15) is 4.98 Å². The van der Waals surface area contributed by atoms with Gasteiger partial charge in [-0.1, -0.05) is 5.16 Å². The Morgan fingerprint density at radius 1 is 1.33 bits per heavy atom. The highest BCUT2D eigenvalue weighted by molar-refractivity contribution is 9.10. The van der Waals surface area contributed by atoms with Crippen molar-refractivity contribution >= 4 is 21.8 Å². The molecule has 0 radical (unpaired) electrons. The fourth-order valence-corrected chi connectivity index (χ4v) is 3.03. The maximum Gasteiger partial charge on any atom is 0.290 e. The van der Waals surface area contributed by atoms with Crippen molar-refractivity contribution in [1.82, 2.24) is 15.0 Å². The predicted octanol–water partition coefficient (Wildman–Crippen LogP) is 3.28. The van der Waals surface area contributed by atoms with Crippen LogP contribution in [0.25, 0.3) is 0 Å². The second-order valence-corrected chi connectivity index (χ2v) is 6.31. The van der Waals surface area contributed by atoms with Crippen LogP contribution in [0.1, 0.15) is 59.9 Å². The maximum absolute atomic E-state index is 12.5. The van der Waals surface area contributed by atoms with Gasteiger partial charge in [0.1, 0.15) is 6.04 Å². The van der Waals surface area contributed by atoms with Gasteiger partial charge in [0.15, 0.2) is 16.3 Å². The molecule has 21 heavy (non-hydrogen) atoms. The average molecular weight is 352 g/mol. The Bertz CT molecular complexity index is 677. The smallest absolute Gasteiger partial charge is 0.290 e. The molecule has 2 aromatic rings. The normalized spacial score (nSPS) is 22.0. The summed E-state index contributed by atoms with van der Waals surface area (Å²) in [6, 6.07) is 3.25. The second-order valence-electron chi connectivity index (χ2n) is 5.53. The molecule has 0 bridgehead atoms. The van der Waals surface area contributed by atoms with Crippen LogP contribution in [0, 0.1) is 0 Å². The van der Waals surface area contributed by atoms with Crippen molar-refractivity contribution < 1.29 is 13.7 Å². The van der Waals surface area contributed by atoms with Crippen LogP contribution >= 0.6 is 15.9 Å². The lowest BCUT2D eigenvalue weighted by molar-refractivity contribution is 0.0676. The van der Waals surface area contributed by atoms with Gasteiger partial charge in [0.2, 0.25) is 5.89 Å². The van der Waals surface area contributed by atoms with Gasteiger partial charge in [-0.05, 0) is 53.7 Å². The van der Waals surface area contributed by atoms with E-state index in [0.29, 0.717) is 28.8 Å². The molecule has 1 unspecified atom stereocenters. The number of likely N-dealkylation sites (tertiary alicyclic amines) is 1. The summed E-state index contributed by atoms with van der Waals surface area (Å²) in [5.74, 6) is 1.98. The molecule has 1 saturated heterocycles. The fourth-order valence-electron chi connectivity index (χ4n) is 2.73. The van der Waals surface area contributed by atoms with E-state index in [4.69, 9.17) is 8.94 Å². The zero-order valence-electron chi connectivity index (χ0n) is 11.3. The van der Waals surface area contributed by atoms with Crippen LogP contribution in [-0.4, -0.2) is 27.5 Å². The van der Waals surface area contributed by atoms with Gasteiger partial charge in [-0.25, -0.2) is 0 Å². The number of furan rings is 1. The SMILES string of the molecule is O=C(c1ccc(Br)o1)N1CCCC1c1nc(C2CC2)no1. The van der Waals surface area contributed by atoms with Gasteiger partial charge >= 0.3 is 0 Å². The average Bonchev–Trinajstić information content (AvgIpc) is 2.94. The minimum absolute atomic E-state index is 0.130. The molecule has 2 aromatic heterocycles. The molecule has 0 N–H and O–H groups in total. The molecule has 1 aliphatic heterocycles. The summed E-state index contributed by atoms with van der Waals surface area (Å²) in [5.41, 5.74) is 0. The Balaban J connectivity index is 1.57. The van der Waals surface area contributed by atoms with Crippen molar-refractivity contribution in [2.24, 2.45) is 0 Å². The predicted molar refractivity (Wildman–Crippen MR) is 75.7 cm³/mol. The van der Waals surface area contributed by atoms with Crippen molar-refractivity contribution in [2.75, 3.05) is 6.54 Å². The summed E-state index contributed by atoms with van der Waals surface area (Å²) in [6.45, 7) is 0.683.